The van der Waals surface area contributed by atoms with Crippen LogP contribution in [0.15, 0.2) is 53.4 Å². The van der Waals surface area contributed by atoms with E-state index in [1.807, 2.05) is 30.3 Å². The highest BCUT2D eigenvalue weighted by Gasteiger charge is 2.26. The highest BCUT2D eigenvalue weighted by Crippen LogP contribution is 2.32. The van der Waals surface area contributed by atoms with Crippen LogP contribution >= 0.6 is 0 Å². The highest BCUT2D eigenvalue weighted by molar-refractivity contribution is 7.89. The van der Waals surface area contributed by atoms with Crippen LogP contribution in [0.4, 0.5) is 11.4 Å². The summed E-state index contributed by atoms with van der Waals surface area (Å²) in [7, 11) is -4.10. The van der Waals surface area contributed by atoms with Gasteiger partial charge in [-0.2, -0.15) is 0 Å². The Labute approximate surface area is 151 Å². The van der Waals surface area contributed by atoms with Crippen LogP contribution < -0.4 is 10.5 Å². The van der Waals surface area contributed by atoms with Gasteiger partial charge in [-0.3, -0.25) is 10.1 Å². The summed E-state index contributed by atoms with van der Waals surface area (Å²) < 4.78 is 29.5. The van der Waals surface area contributed by atoms with Gasteiger partial charge in [-0.15, -0.1) is 0 Å². The van der Waals surface area contributed by atoms with E-state index in [0.29, 0.717) is 19.4 Å². The lowest BCUT2D eigenvalue weighted by Crippen LogP contribution is -2.31. The maximum absolute atomic E-state index is 11.8. The van der Waals surface area contributed by atoms with E-state index < -0.39 is 14.9 Å². The molecular weight excluding hydrogens is 358 g/mol. The third-order valence-electron chi connectivity index (χ3n) is 4.30. The summed E-state index contributed by atoms with van der Waals surface area (Å²) in [5.74, 6) is 0. The molecule has 1 aliphatic heterocycles. The van der Waals surface area contributed by atoms with E-state index in [0.717, 1.165) is 11.6 Å². The summed E-state index contributed by atoms with van der Waals surface area (Å²) in [6.07, 6.45) is 1.23. The summed E-state index contributed by atoms with van der Waals surface area (Å²) >= 11 is 0. The van der Waals surface area contributed by atoms with Crippen molar-refractivity contribution >= 4 is 21.4 Å². The molecule has 3 N–H and O–H groups in total. The van der Waals surface area contributed by atoms with Crippen molar-refractivity contribution in [2.75, 3.05) is 11.9 Å². The molecule has 0 saturated carbocycles. The van der Waals surface area contributed by atoms with Crippen molar-refractivity contribution in [2.45, 2.75) is 29.9 Å². The molecule has 8 nitrogen and oxygen atoms in total. The van der Waals surface area contributed by atoms with Gasteiger partial charge in [-0.05, 0) is 24.5 Å². The predicted octanol–water partition coefficient (Wildman–Crippen LogP) is 2.57. The molecule has 1 fully saturated rings. The molecule has 0 spiro atoms. The van der Waals surface area contributed by atoms with Gasteiger partial charge in [0, 0.05) is 24.8 Å². The molecule has 0 amide bonds. The number of sulfonamides is 1. The number of benzene rings is 2. The summed E-state index contributed by atoms with van der Waals surface area (Å²) in [5, 5.41) is 19.3. The van der Waals surface area contributed by atoms with Crippen molar-refractivity contribution in [3.63, 3.8) is 0 Å². The zero-order valence-electron chi connectivity index (χ0n) is 13.9. The molecule has 9 heteroatoms. The normalized spacial score (nSPS) is 20.5. The van der Waals surface area contributed by atoms with Crippen molar-refractivity contribution in [3.05, 3.63) is 64.2 Å². The van der Waals surface area contributed by atoms with Gasteiger partial charge in [0.1, 0.15) is 4.90 Å². The Balaban J connectivity index is 1.83. The number of rotatable bonds is 5. The highest BCUT2D eigenvalue weighted by atomic mass is 32.2. The van der Waals surface area contributed by atoms with E-state index in [1.165, 1.54) is 12.1 Å². The zero-order chi connectivity index (χ0) is 18.7. The van der Waals surface area contributed by atoms with Crippen LogP contribution in [0.2, 0.25) is 0 Å². The van der Waals surface area contributed by atoms with Crippen LogP contribution in [0.25, 0.3) is 0 Å². The van der Waals surface area contributed by atoms with E-state index in [9.17, 15) is 18.5 Å². The Hall–Kier alpha value is -2.49. The fourth-order valence-electron chi connectivity index (χ4n) is 3.03. The number of anilines is 1. The van der Waals surface area contributed by atoms with Gasteiger partial charge in [0.15, 0.2) is 0 Å². The van der Waals surface area contributed by atoms with E-state index in [-0.39, 0.29) is 28.4 Å². The number of primary sulfonamides is 1. The molecule has 0 aromatic heterocycles. The SMILES string of the molecule is NS(=O)(=O)c1cc([N+](=O)[O-])ccc1NC1CCOC(c2ccccc2)C1. The summed E-state index contributed by atoms with van der Waals surface area (Å²) in [4.78, 5) is 9.98. The number of non-ortho nitro benzene ring substituents is 1. The maximum Gasteiger partial charge on any atom is 0.270 e. The molecule has 2 aromatic rings. The molecule has 2 unspecified atom stereocenters. The largest absolute Gasteiger partial charge is 0.381 e. The minimum Gasteiger partial charge on any atom is -0.381 e. The predicted molar refractivity (Wildman–Crippen MR) is 96.2 cm³/mol. The first-order chi connectivity index (χ1) is 12.3. The monoisotopic (exact) mass is 377 g/mol. The molecule has 0 radical (unpaired) electrons. The van der Waals surface area contributed by atoms with Gasteiger partial charge in [0.25, 0.3) is 5.69 Å². The molecule has 0 aliphatic carbocycles. The van der Waals surface area contributed by atoms with Crippen molar-refractivity contribution in [1.29, 1.82) is 0 Å². The average molecular weight is 377 g/mol. The number of hydrogen-bond acceptors (Lipinski definition) is 6. The van der Waals surface area contributed by atoms with Gasteiger partial charge >= 0.3 is 0 Å². The van der Waals surface area contributed by atoms with E-state index in [2.05, 4.69) is 5.32 Å². The second-order valence-electron chi connectivity index (χ2n) is 6.12. The fraction of sp³-hybridized carbons (Fsp3) is 0.294. The fourth-order valence-corrected chi connectivity index (χ4v) is 3.75. The van der Waals surface area contributed by atoms with E-state index >= 15 is 0 Å². The van der Waals surface area contributed by atoms with Gasteiger partial charge < -0.3 is 10.1 Å². The molecule has 0 bridgehead atoms. The van der Waals surface area contributed by atoms with Crippen LogP contribution in [0.3, 0.4) is 0 Å². The number of nitro benzene ring substituents is 1. The van der Waals surface area contributed by atoms with Gasteiger partial charge in [0.2, 0.25) is 10.0 Å². The van der Waals surface area contributed by atoms with E-state index in [4.69, 9.17) is 9.88 Å². The smallest absolute Gasteiger partial charge is 0.270 e. The number of nitrogens with one attached hydrogen (secondary N) is 1. The molecule has 2 atom stereocenters. The first-order valence-electron chi connectivity index (χ1n) is 8.09. The Morgan fingerprint density at radius 1 is 1.19 bits per heavy atom. The molecule has 26 heavy (non-hydrogen) atoms. The lowest BCUT2D eigenvalue weighted by Gasteiger charge is -2.31. The van der Waals surface area contributed by atoms with Crippen molar-refractivity contribution in [3.8, 4) is 0 Å². The Morgan fingerprint density at radius 2 is 1.92 bits per heavy atom. The molecule has 3 rings (SSSR count). The number of nitrogens with zero attached hydrogens (tertiary/aromatic N) is 1. The third kappa shape index (κ3) is 4.18. The number of hydrogen-bond donors (Lipinski definition) is 2. The van der Waals surface area contributed by atoms with Crippen LogP contribution in [0.1, 0.15) is 24.5 Å². The van der Waals surface area contributed by atoms with Crippen LogP contribution in [-0.2, 0) is 14.8 Å². The standard InChI is InChI=1S/C17H19N3O5S/c18-26(23,24)17-11-14(20(21)22)6-7-15(17)19-13-8-9-25-16(10-13)12-4-2-1-3-5-12/h1-7,11,13,16,19H,8-10H2,(H2,18,23,24). The molecule has 138 valence electrons. The summed E-state index contributed by atoms with van der Waals surface area (Å²) in [6, 6.07) is 13.3. The number of nitrogens with two attached hydrogens (primary N) is 1. The van der Waals surface area contributed by atoms with Crippen LogP contribution in [0.5, 0.6) is 0 Å². The van der Waals surface area contributed by atoms with Crippen molar-refractivity contribution in [2.24, 2.45) is 5.14 Å². The molecule has 1 aliphatic rings. The number of ether oxygens (including phenoxy) is 1. The van der Waals surface area contributed by atoms with Gasteiger partial charge in [-0.1, -0.05) is 30.3 Å². The minimum atomic E-state index is -4.10. The van der Waals surface area contributed by atoms with Crippen molar-refractivity contribution in [1.82, 2.24) is 0 Å². The second kappa shape index (κ2) is 7.40. The van der Waals surface area contributed by atoms with Crippen molar-refractivity contribution < 1.29 is 18.1 Å². The summed E-state index contributed by atoms with van der Waals surface area (Å²) in [5.41, 5.74) is 0.986. The first-order valence-corrected chi connectivity index (χ1v) is 9.63. The lowest BCUT2D eigenvalue weighted by molar-refractivity contribution is -0.385. The van der Waals surface area contributed by atoms with Gasteiger partial charge in [-0.25, -0.2) is 13.6 Å². The topological polar surface area (TPSA) is 125 Å². The third-order valence-corrected chi connectivity index (χ3v) is 5.25. The van der Waals surface area contributed by atoms with E-state index in [1.54, 1.807) is 0 Å². The Morgan fingerprint density at radius 3 is 2.58 bits per heavy atom. The Kier molecular flexibility index (Phi) is 5.21. The first kappa shape index (κ1) is 18.3. The molecular formula is C17H19N3O5S. The Bertz CT molecular complexity index is 902. The zero-order valence-corrected chi connectivity index (χ0v) is 14.7. The molecule has 2 aromatic carbocycles. The second-order valence-corrected chi connectivity index (χ2v) is 7.65. The quantitative estimate of drug-likeness (QED) is 0.609. The van der Waals surface area contributed by atoms with Crippen LogP contribution in [-0.4, -0.2) is 26.0 Å². The lowest BCUT2D eigenvalue weighted by atomic mass is 9.97. The number of nitro groups is 1. The molecule has 1 saturated heterocycles. The molecule has 1 heterocycles. The minimum absolute atomic E-state index is 0.0455. The van der Waals surface area contributed by atoms with Gasteiger partial charge in [0.05, 0.1) is 16.7 Å². The van der Waals surface area contributed by atoms with Crippen LogP contribution in [0, 0.1) is 10.1 Å². The average Bonchev–Trinajstić information content (AvgIpc) is 2.62. The summed E-state index contributed by atoms with van der Waals surface area (Å²) in [6.45, 7) is 0.523. The maximum atomic E-state index is 11.8.